The van der Waals surface area contributed by atoms with E-state index in [0.29, 0.717) is 12.0 Å². The highest BCUT2D eigenvalue weighted by Gasteiger charge is 2.28. The second-order valence-corrected chi connectivity index (χ2v) is 4.08. The predicted molar refractivity (Wildman–Crippen MR) is 59.7 cm³/mol. The third kappa shape index (κ3) is 5.14. The van der Waals surface area contributed by atoms with Crippen molar-refractivity contribution in [3.05, 3.63) is 0 Å². The fraction of sp³-hybridized carbons (Fsp3) is 0.909. The molecule has 4 heteroatoms. The van der Waals surface area contributed by atoms with Crippen LogP contribution >= 0.6 is 0 Å². The van der Waals surface area contributed by atoms with Gasteiger partial charge in [-0.05, 0) is 19.3 Å². The molecule has 0 aromatic carbocycles. The van der Waals surface area contributed by atoms with Crippen molar-refractivity contribution in [1.29, 1.82) is 0 Å². The Bertz CT molecular complexity index is 193. The van der Waals surface area contributed by atoms with Gasteiger partial charge in [0.25, 0.3) is 0 Å². The molecule has 1 amide bonds. The Balaban J connectivity index is 1.96. The van der Waals surface area contributed by atoms with Gasteiger partial charge in [0.15, 0.2) is 0 Å². The monoisotopic (exact) mass is 214 g/mol. The van der Waals surface area contributed by atoms with Gasteiger partial charge < -0.3 is 15.4 Å². The number of amides is 1. The van der Waals surface area contributed by atoms with Crippen molar-refractivity contribution in [2.45, 2.75) is 32.2 Å². The normalized spacial score (nSPS) is 17.5. The highest BCUT2D eigenvalue weighted by molar-refractivity contribution is 5.80. The molecule has 1 fully saturated rings. The van der Waals surface area contributed by atoms with Crippen molar-refractivity contribution in [2.75, 3.05) is 26.8 Å². The van der Waals surface area contributed by atoms with Gasteiger partial charge in [0.2, 0.25) is 5.91 Å². The van der Waals surface area contributed by atoms with Crippen LogP contribution in [0.3, 0.4) is 0 Å². The van der Waals surface area contributed by atoms with E-state index in [2.05, 4.69) is 17.6 Å². The second kappa shape index (κ2) is 6.80. The van der Waals surface area contributed by atoms with E-state index in [-0.39, 0.29) is 5.91 Å². The molecular formula is C11H22N2O2. The molecule has 4 nitrogen and oxygen atoms in total. The van der Waals surface area contributed by atoms with E-state index < -0.39 is 0 Å². The molecule has 1 aliphatic rings. The molecular weight excluding hydrogens is 192 g/mol. The third-order valence-electron chi connectivity index (χ3n) is 2.67. The van der Waals surface area contributed by atoms with E-state index in [1.165, 1.54) is 0 Å². The van der Waals surface area contributed by atoms with E-state index in [4.69, 9.17) is 4.74 Å². The van der Waals surface area contributed by atoms with Gasteiger partial charge in [-0.25, -0.2) is 0 Å². The van der Waals surface area contributed by atoms with Crippen molar-refractivity contribution < 1.29 is 9.53 Å². The molecule has 1 rings (SSSR count). The van der Waals surface area contributed by atoms with Gasteiger partial charge in [-0.2, -0.15) is 0 Å². The van der Waals surface area contributed by atoms with Crippen LogP contribution in [0.5, 0.6) is 0 Å². The zero-order valence-corrected chi connectivity index (χ0v) is 9.71. The molecule has 15 heavy (non-hydrogen) atoms. The second-order valence-electron chi connectivity index (χ2n) is 4.08. The van der Waals surface area contributed by atoms with Crippen LogP contribution in [-0.2, 0) is 9.53 Å². The van der Waals surface area contributed by atoms with Crippen molar-refractivity contribution in [2.24, 2.45) is 5.92 Å². The van der Waals surface area contributed by atoms with Gasteiger partial charge in [0.1, 0.15) is 0 Å². The first-order valence-electron chi connectivity index (χ1n) is 5.78. The summed E-state index contributed by atoms with van der Waals surface area (Å²) in [6.45, 7) is 4.39. The summed E-state index contributed by atoms with van der Waals surface area (Å²) in [5, 5.41) is 6.27. The van der Waals surface area contributed by atoms with Crippen LogP contribution in [0.1, 0.15) is 26.2 Å². The molecule has 0 aromatic heterocycles. The fourth-order valence-corrected chi connectivity index (χ4v) is 1.47. The average molecular weight is 214 g/mol. The maximum atomic E-state index is 11.3. The molecule has 2 N–H and O–H groups in total. The van der Waals surface area contributed by atoms with Crippen LogP contribution in [0.25, 0.3) is 0 Å². The van der Waals surface area contributed by atoms with Crippen LogP contribution < -0.4 is 10.6 Å². The first-order chi connectivity index (χ1) is 7.27. The number of ether oxygens (including phenoxy) is 1. The minimum absolute atomic E-state index is 0.219. The van der Waals surface area contributed by atoms with E-state index in [1.807, 2.05) is 0 Å². The molecule has 0 aliphatic heterocycles. The van der Waals surface area contributed by atoms with Crippen LogP contribution in [0, 0.1) is 5.92 Å². The lowest BCUT2D eigenvalue weighted by molar-refractivity contribution is -0.122. The molecule has 1 aliphatic carbocycles. The topological polar surface area (TPSA) is 50.4 Å². The summed E-state index contributed by atoms with van der Waals surface area (Å²) >= 11 is 0. The molecule has 0 aromatic rings. The summed E-state index contributed by atoms with van der Waals surface area (Å²) in [6.07, 6.45) is 3.19. The molecule has 1 unspecified atom stereocenters. The number of nitrogens with one attached hydrogen (secondary N) is 2. The SMILES string of the molecule is CCC(COC)NCCNC(=O)C1CC1. The Morgan fingerprint density at radius 1 is 1.47 bits per heavy atom. The Kier molecular flexibility index (Phi) is 5.65. The lowest BCUT2D eigenvalue weighted by Crippen LogP contribution is -2.39. The smallest absolute Gasteiger partial charge is 0.223 e. The summed E-state index contributed by atoms with van der Waals surface area (Å²) in [4.78, 5) is 11.3. The number of methoxy groups -OCH3 is 1. The van der Waals surface area contributed by atoms with Gasteiger partial charge in [-0.3, -0.25) is 4.79 Å². The van der Waals surface area contributed by atoms with Gasteiger partial charge >= 0.3 is 0 Å². The first-order valence-corrected chi connectivity index (χ1v) is 5.78. The maximum Gasteiger partial charge on any atom is 0.223 e. The number of carbonyl (C=O) groups excluding carboxylic acids is 1. The average Bonchev–Trinajstić information content (AvgIpc) is 3.05. The van der Waals surface area contributed by atoms with Crippen LogP contribution in [0.2, 0.25) is 0 Å². The number of hydrogen-bond acceptors (Lipinski definition) is 3. The van der Waals surface area contributed by atoms with Crippen LogP contribution in [0.15, 0.2) is 0 Å². The fourth-order valence-electron chi connectivity index (χ4n) is 1.47. The summed E-state index contributed by atoms with van der Waals surface area (Å²) in [7, 11) is 1.71. The largest absolute Gasteiger partial charge is 0.383 e. The van der Waals surface area contributed by atoms with E-state index in [0.717, 1.165) is 39.0 Å². The highest BCUT2D eigenvalue weighted by Crippen LogP contribution is 2.28. The Labute approximate surface area is 91.8 Å². The van der Waals surface area contributed by atoms with E-state index in [9.17, 15) is 4.79 Å². The predicted octanol–water partition coefficient (Wildman–Crippen LogP) is 0.527. The van der Waals surface area contributed by atoms with Crippen molar-refractivity contribution >= 4 is 5.91 Å². The molecule has 0 spiro atoms. The summed E-state index contributed by atoms with van der Waals surface area (Å²) in [6, 6.07) is 0.396. The van der Waals surface area contributed by atoms with Crippen molar-refractivity contribution in [3.63, 3.8) is 0 Å². The van der Waals surface area contributed by atoms with Crippen molar-refractivity contribution in [3.8, 4) is 0 Å². The molecule has 1 atom stereocenters. The minimum atomic E-state index is 0.219. The first kappa shape index (κ1) is 12.5. The zero-order valence-electron chi connectivity index (χ0n) is 9.71. The number of carbonyl (C=O) groups is 1. The minimum Gasteiger partial charge on any atom is -0.383 e. The van der Waals surface area contributed by atoms with E-state index >= 15 is 0 Å². The highest BCUT2D eigenvalue weighted by atomic mass is 16.5. The summed E-state index contributed by atoms with van der Waals surface area (Å²) < 4.78 is 5.07. The lowest BCUT2D eigenvalue weighted by Gasteiger charge is -2.15. The van der Waals surface area contributed by atoms with Gasteiger partial charge in [0.05, 0.1) is 6.61 Å². The number of rotatable bonds is 8. The third-order valence-corrected chi connectivity index (χ3v) is 2.67. The Morgan fingerprint density at radius 3 is 2.73 bits per heavy atom. The van der Waals surface area contributed by atoms with E-state index in [1.54, 1.807) is 7.11 Å². The van der Waals surface area contributed by atoms with Gasteiger partial charge in [0, 0.05) is 32.2 Å². The summed E-state index contributed by atoms with van der Waals surface area (Å²) in [5.41, 5.74) is 0. The van der Waals surface area contributed by atoms with Crippen LogP contribution in [0.4, 0.5) is 0 Å². The maximum absolute atomic E-state index is 11.3. The lowest BCUT2D eigenvalue weighted by atomic mass is 10.2. The molecule has 88 valence electrons. The Morgan fingerprint density at radius 2 is 2.20 bits per heavy atom. The molecule has 0 heterocycles. The molecule has 1 saturated carbocycles. The molecule has 0 radical (unpaired) electrons. The summed E-state index contributed by atoms with van der Waals surface area (Å²) in [5.74, 6) is 0.530. The molecule has 0 saturated heterocycles. The number of hydrogen-bond donors (Lipinski definition) is 2. The quantitative estimate of drug-likeness (QED) is 0.579. The van der Waals surface area contributed by atoms with Crippen LogP contribution in [-0.4, -0.2) is 38.8 Å². The molecule has 0 bridgehead atoms. The van der Waals surface area contributed by atoms with Crippen molar-refractivity contribution in [1.82, 2.24) is 10.6 Å². The zero-order chi connectivity index (χ0) is 11.1. The Hall–Kier alpha value is -0.610. The van der Waals surface area contributed by atoms with Gasteiger partial charge in [-0.1, -0.05) is 6.92 Å². The standard InChI is InChI=1S/C11H22N2O2/c1-3-10(8-15-2)12-6-7-13-11(14)9-4-5-9/h9-10,12H,3-8H2,1-2H3,(H,13,14). The van der Waals surface area contributed by atoms with Gasteiger partial charge in [-0.15, -0.1) is 0 Å².